The van der Waals surface area contributed by atoms with Crippen molar-refractivity contribution in [2.24, 2.45) is 0 Å². The van der Waals surface area contributed by atoms with Gasteiger partial charge in [-0.3, -0.25) is 4.79 Å². The van der Waals surface area contributed by atoms with Crippen LogP contribution in [0.3, 0.4) is 0 Å². The summed E-state index contributed by atoms with van der Waals surface area (Å²) in [5, 5.41) is 2.72. The molecule has 7 heteroatoms. The Kier molecular flexibility index (Phi) is 6.39. The van der Waals surface area contributed by atoms with E-state index in [1.807, 2.05) is 24.3 Å². The van der Waals surface area contributed by atoms with Gasteiger partial charge in [-0.05, 0) is 55.3 Å². The summed E-state index contributed by atoms with van der Waals surface area (Å²) >= 11 is 0. The third-order valence-electron chi connectivity index (χ3n) is 3.91. The van der Waals surface area contributed by atoms with E-state index < -0.39 is 16.1 Å². The number of hydrogen-bond donors (Lipinski definition) is 1. The fraction of sp³-hybridized carbons (Fsp3) is 0.316. The zero-order chi connectivity index (χ0) is 19.3. The molecule has 2 aromatic rings. The van der Waals surface area contributed by atoms with Gasteiger partial charge in [0.25, 0.3) is 5.91 Å². The van der Waals surface area contributed by atoms with Crippen molar-refractivity contribution in [3.8, 4) is 5.75 Å². The van der Waals surface area contributed by atoms with E-state index in [2.05, 4.69) is 12.2 Å². The summed E-state index contributed by atoms with van der Waals surface area (Å²) in [5.41, 5.74) is 1.70. The van der Waals surface area contributed by atoms with Crippen molar-refractivity contribution in [1.82, 2.24) is 4.31 Å². The fourth-order valence-electron chi connectivity index (χ4n) is 2.23. The van der Waals surface area contributed by atoms with Crippen molar-refractivity contribution in [2.75, 3.05) is 19.4 Å². The molecule has 0 heterocycles. The number of aryl methyl sites for hydroxylation is 1. The third-order valence-corrected chi connectivity index (χ3v) is 5.74. The van der Waals surface area contributed by atoms with Crippen LogP contribution in [0.4, 0.5) is 5.69 Å². The van der Waals surface area contributed by atoms with Crippen LogP contribution in [0.5, 0.6) is 5.75 Å². The van der Waals surface area contributed by atoms with Crippen LogP contribution in [0, 0.1) is 0 Å². The molecule has 1 N–H and O–H groups in total. The Morgan fingerprint density at radius 2 is 1.65 bits per heavy atom. The molecule has 0 radical (unpaired) electrons. The first-order valence-corrected chi connectivity index (χ1v) is 9.77. The molecule has 26 heavy (non-hydrogen) atoms. The zero-order valence-electron chi connectivity index (χ0n) is 15.4. The molecule has 1 amide bonds. The van der Waals surface area contributed by atoms with Crippen LogP contribution in [0.1, 0.15) is 19.4 Å². The number of hydrogen-bond acceptors (Lipinski definition) is 4. The molecule has 140 valence electrons. The molecule has 2 rings (SSSR count). The van der Waals surface area contributed by atoms with Gasteiger partial charge >= 0.3 is 0 Å². The highest BCUT2D eigenvalue weighted by atomic mass is 32.2. The number of nitrogens with zero attached hydrogens (tertiary/aromatic N) is 1. The molecule has 0 aromatic heterocycles. The molecule has 0 aliphatic carbocycles. The summed E-state index contributed by atoms with van der Waals surface area (Å²) in [5.74, 6) is 0.310. The molecule has 0 spiro atoms. The highest BCUT2D eigenvalue weighted by Crippen LogP contribution is 2.18. The lowest BCUT2D eigenvalue weighted by molar-refractivity contribution is -0.122. The SMILES string of the molecule is CCc1ccc(O[C@@H](C)C(=O)Nc2ccc(S(=O)(=O)N(C)C)cc2)cc1. The van der Waals surface area contributed by atoms with Crippen LogP contribution < -0.4 is 10.1 Å². The van der Waals surface area contributed by atoms with Gasteiger partial charge in [0, 0.05) is 19.8 Å². The lowest BCUT2D eigenvalue weighted by Crippen LogP contribution is -2.30. The number of rotatable bonds is 7. The first-order valence-electron chi connectivity index (χ1n) is 8.33. The summed E-state index contributed by atoms with van der Waals surface area (Å²) in [7, 11) is -0.550. The zero-order valence-corrected chi connectivity index (χ0v) is 16.2. The Balaban J connectivity index is 2.00. The Bertz CT molecular complexity index is 844. The molecule has 0 fully saturated rings. The number of nitrogens with one attached hydrogen (secondary N) is 1. The Morgan fingerprint density at radius 1 is 1.08 bits per heavy atom. The smallest absolute Gasteiger partial charge is 0.265 e. The second-order valence-electron chi connectivity index (χ2n) is 6.06. The predicted molar refractivity (Wildman–Crippen MR) is 102 cm³/mol. The van der Waals surface area contributed by atoms with E-state index in [4.69, 9.17) is 4.74 Å². The number of carbonyl (C=O) groups is 1. The summed E-state index contributed by atoms with van der Waals surface area (Å²) in [4.78, 5) is 12.4. The average Bonchev–Trinajstić information content (AvgIpc) is 2.62. The van der Waals surface area contributed by atoms with Gasteiger partial charge in [-0.25, -0.2) is 12.7 Å². The van der Waals surface area contributed by atoms with Crippen LogP contribution in [-0.2, 0) is 21.2 Å². The normalized spacial score (nSPS) is 12.7. The summed E-state index contributed by atoms with van der Waals surface area (Å²) < 4.78 is 30.9. The van der Waals surface area contributed by atoms with Crippen molar-refractivity contribution >= 4 is 21.6 Å². The van der Waals surface area contributed by atoms with E-state index >= 15 is 0 Å². The van der Waals surface area contributed by atoms with Gasteiger partial charge in [-0.15, -0.1) is 0 Å². The van der Waals surface area contributed by atoms with Gasteiger partial charge in [0.1, 0.15) is 5.75 Å². The summed E-state index contributed by atoms with van der Waals surface area (Å²) in [6, 6.07) is 13.6. The van der Waals surface area contributed by atoms with Gasteiger partial charge in [0.2, 0.25) is 10.0 Å². The maximum absolute atomic E-state index is 12.3. The maximum atomic E-state index is 12.3. The number of sulfonamides is 1. The topological polar surface area (TPSA) is 75.7 Å². The monoisotopic (exact) mass is 376 g/mol. The fourth-order valence-corrected chi connectivity index (χ4v) is 3.13. The largest absolute Gasteiger partial charge is 0.481 e. The Labute approximate surface area is 154 Å². The van der Waals surface area contributed by atoms with Gasteiger partial charge in [-0.2, -0.15) is 0 Å². The lowest BCUT2D eigenvalue weighted by atomic mass is 10.2. The minimum atomic E-state index is -3.49. The summed E-state index contributed by atoms with van der Waals surface area (Å²) in [6.45, 7) is 3.73. The molecule has 6 nitrogen and oxygen atoms in total. The van der Waals surface area contributed by atoms with Gasteiger partial charge in [0.05, 0.1) is 4.90 Å². The van der Waals surface area contributed by atoms with Crippen molar-refractivity contribution in [2.45, 2.75) is 31.3 Å². The predicted octanol–water partition coefficient (Wildman–Crippen LogP) is 2.91. The number of amides is 1. The van der Waals surface area contributed by atoms with Crippen LogP contribution in [0.25, 0.3) is 0 Å². The van der Waals surface area contributed by atoms with Gasteiger partial charge in [0.15, 0.2) is 6.10 Å². The van der Waals surface area contributed by atoms with E-state index in [1.54, 1.807) is 19.1 Å². The van der Waals surface area contributed by atoms with Crippen molar-refractivity contribution < 1.29 is 17.9 Å². The molecule has 2 aromatic carbocycles. The third kappa shape index (κ3) is 4.83. The van der Waals surface area contributed by atoms with E-state index in [0.29, 0.717) is 11.4 Å². The first-order chi connectivity index (χ1) is 12.2. The van der Waals surface area contributed by atoms with Gasteiger partial charge in [-0.1, -0.05) is 19.1 Å². The molecular weight excluding hydrogens is 352 g/mol. The second kappa shape index (κ2) is 8.33. The maximum Gasteiger partial charge on any atom is 0.265 e. The second-order valence-corrected chi connectivity index (χ2v) is 8.21. The van der Waals surface area contributed by atoms with Crippen LogP contribution in [0.15, 0.2) is 53.4 Å². The molecule has 0 bridgehead atoms. The number of anilines is 1. The molecule has 0 aliphatic rings. The minimum Gasteiger partial charge on any atom is -0.481 e. The minimum absolute atomic E-state index is 0.167. The average molecular weight is 376 g/mol. The van der Waals surface area contributed by atoms with E-state index in [0.717, 1.165) is 10.7 Å². The van der Waals surface area contributed by atoms with E-state index in [1.165, 1.54) is 31.8 Å². The number of carbonyl (C=O) groups excluding carboxylic acids is 1. The van der Waals surface area contributed by atoms with E-state index in [9.17, 15) is 13.2 Å². The van der Waals surface area contributed by atoms with Crippen LogP contribution in [0.2, 0.25) is 0 Å². The molecule has 0 aliphatic heterocycles. The summed E-state index contributed by atoms with van der Waals surface area (Å²) in [6.07, 6.45) is 0.253. The van der Waals surface area contributed by atoms with Crippen molar-refractivity contribution in [3.05, 3.63) is 54.1 Å². The molecule has 0 saturated carbocycles. The molecule has 0 unspecified atom stereocenters. The number of benzene rings is 2. The highest BCUT2D eigenvalue weighted by Gasteiger charge is 2.18. The standard InChI is InChI=1S/C19H24N2O4S/c1-5-15-6-10-17(11-7-15)25-14(2)19(22)20-16-8-12-18(13-9-16)26(23,24)21(3)4/h6-14H,5H2,1-4H3,(H,20,22)/t14-/m0/s1. The van der Waals surface area contributed by atoms with Crippen molar-refractivity contribution in [1.29, 1.82) is 0 Å². The van der Waals surface area contributed by atoms with Crippen molar-refractivity contribution in [3.63, 3.8) is 0 Å². The van der Waals surface area contributed by atoms with Crippen LogP contribution >= 0.6 is 0 Å². The first kappa shape index (κ1) is 19.9. The lowest BCUT2D eigenvalue weighted by Gasteiger charge is -2.15. The molecule has 1 atom stereocenters. The van der Waals surface area contributed by atoms with Crippen LogP contribution in [-0.4, -0.2) is 38.8 Å². The molecule has 0 saturated heterocycles. The highest BCUT2D eigenvalue weighted by molar-refractivity contribution is 7.89. The Hall–Kier alpha value is -2.38. The quantitative estimate of drug-likeness (QED) is 0.806. The Morgan fingerprint density at radius 3 is 2.15 bits per heavy atom. The van der Waals surface area contributed by atoms with Gasteiger partial charge < -0.3 is 10.1 Å². The van der Waals surface area contributed by atoms with E-state index in [-0.39, 0.29) is 10.8 Å². The number of ether oxygens (including phenoxy) is 1. The molecular formula is C19H24N2O4S.